The van der Waals surface area contributed by atoms with Crippen molar-refractivity contribution in [2.45, 2.75) is 64.8 Å². The lowest BCUT2D eigenvalue weighted by Gasteiger charge is -2.24. The van der Waals surface area contributed by atoms with E-state index in [1.165, 1.54) is 19.3 Å². The molecular formula is C23H29NO2S. The van der Waals surface area contributed by atoms with E-state index in [1.807, 2.05) is 43.3 Å². The molecule has 3 rings (SSSR count). The zero-order chi connectivity index (χ0) is 19.2. The van der Waals surface area contributed by atoms with Crippen LogP contribution in [0, 0.1) is 6.92 Å². The smallest absolute Gasteiger partial charge is 0.262 e. The van der Waals surface area contributed by atoms with Gasteiger partial charge < -0.3 is 15.2 Å². The van der Waals surface area contributed by atoms with Crippen LogP contribution in [0.3, 0.4) is 0 Å². The Kier molecular flexibility index (Phi) is 6.73. The van der Waals surface area contributed by atoms with Gasteiger partial charge in [0.05, 0.1) is 0 Å². The van der Waals surface area contributed by atoms with Gasteiger partial charge in [0, 0.05) is 12.5 Å². The van der Waals surface area contributed by atoms with Crippen LogP contribution in [-0.4, -0.2) is 16.3 Å². The van der Waals surface area contributed by atoms with Gasteiger partial charge in [-0.15, -0.1) is 0 Å². The molecule has 2 N–H and O–H groups in total. The molecule has 0 unspecified atom stereocenters. The van der Waals surface area contributed by atoms with Crippen molar-refractivity contribution in [3.8, 4) is 11.5 Å². The van der Waals surface area contributed by atoms with Crippen LogP contribution >= 0.6 is 12.2 Å². The Hall–Kier alpha value is -2.07. The molecule has 0 heterocycles. The summed E-state index contributed by atoms with van der Waals surface area (Å²) in [5.41, 5.74) is 3.96. The molecule has 0 aromatic heterocycles. The fraction of sp³-hybridized carbons (Fsp3) is 0.435. The molecule has 2 aromatic rings. The summed E-state index contributed by atoms with van der Waals surface area (Å²) in [5.74, 6) is 1.18. The van der Waals surface area contributed by atoms with Crippen LogP contribution in [-0.2, 0) is 12.8 Å². The summed E-state index contributed by atoms with van der Waals surface area (Å²) in [6.45, 7) is 4.08. The topological polar surface area (TPSA) is 41.5 Å². The Bertz CT molecular complexity index is 797. The van der Waals surface area contributed by atoms with Crippen LogP contribution < -0.4 is 10.1 Å². The van der Waals surface area contributed by atoms with Crippen molar-refractivity contribution in [1.29, 1.82) is 0 Å². The highest BCUT2D eigenvalue weighted by molar-refractivity contribution is 7.80. The van der Waals surface area contributed by atoms with Crippen LogP contribution in [0.15, 0.2) is 36.4 Å². The molecule has 144 valence electrons. The molecule has 0 aliphatic heterocycles. The van der Waals surface area contributed by atoms with Gasteiger partial charge in [-0.2, -0.15) is 0 Å². The third kappa shape index (κ3) is 5.01. The lowest BCUT2D eigenvalue weighted by Crippen LogP contribution is -2.38. The number of aromatic hydroxyl groups is 1. The van der Waals surface area contributed by atoms with Gasteiger partial charge in [0.15, 0.2) is 0 Å². The molecule has 0 saturated heterocycles. The first-order chi connectivity index (χ1) is 13.1. The molecule has 0 atom stereocenters. The second-order valence-corrected chi connectivity index (χ2v) is 7.76. The van der Waals surface area contributed by atoms with E-state index in [9.17, 15) is 5.11 Å². The molecule has 4 heteroatoms. The molecule has 1 fully saturated rings. The molecule has 0 radical (unpaired) electrons. The Morgan fingerprint density at radius 2 is 1.74 bits per heavy atom. The molecule has 0 bridgehead atoms. The van der Waals surface area contributed by atoms with Crippen molar-refractivity contribution in [2.75, 3.05) is 0 Å². The number of phenols is 1. The number of rotatable bonds is 5. The van der Waals surface area contributed by atoms with Crippen molar-refractivity contribution < 1.29 is 9.84 Å². The quantitative estimate of drug-likeness (QED) is 0.675. The fourth-order valence-corrected chi connectivity index (χ4v) is 4.06. The van der Waals surface area contributed by atoms with Gasteiger partial charge in [-0.25, -0.2) is 0 Å². The van der Waals surface area contributed by atoms with Crippen LogP contribution in [0.4, 0.5) is 0 Å². The molecule has 27 heavy (non-hydrogen) atoms. The first-order valence-electron chi connectivity index (χ1n) is 9.95. The second-order valence-electron chi connectivity index (χ2n) is 7.39. The lowest BCUT2D eigenvalue weighted by molar-refractivity contribution is 0.393. The maximum atomic E-state index is 10.5. The van der Waals surface area contributed by atoms with Crippen molar-refractivity contribution in [1.82, 2.24) is 5.32 Å². The normalized spacial score (nSPS) is 14.7. The van der Waals surface area contributed by atoms with E-state index in [4.69, 9.17) is 17.0 Å². The predicted molar refractivity (Wildman–Crippen MR) is 115 cm³/mol. The third-order valence-electron chi connectivity index (χ3n) is 5.38. The van der Waals surface area contributed by atoms with E-state index in [0.29, 0.717) is 23.4 Å². The Morgan fingerprint density at radius 1 is 1.07 bits per heavy atom. The highest BCUT2D eigenvalue weighted by atomic mass is 32.1. The van der Waals surface area contributed by atoms with Crippen LogP contribution in [0.2, 0.25) is 0 Å². The van der Waals surface area contributed by atoms with Crippen molar-refractivity contribution in [2.24, 2.45) is 0 Å². The SMILES string of the molecule is CCc1cccc(Cc2cccc(C)c2OC(=S)NC2CCCCC2)c1O. The zero-order valence-corrected chi connectivity index (χ0v) is 17.1. The number of para-hydroxylation sites is 2. The molecule has 3 nitrogen and oxygen atoms in total. The summed E-state index contributed by atoms with van der Waals surface area (Å²) in [4.78, 5) is 0. The minimum absolute atomic E-state index is 0.385. The number of ether oxygens (including phenoxy) is 1. The Morgan fingerprint density at radius 3 is 2.48 bits per heavy atom. The van der Waals surface area contributed by atoms with Gasteiger partial charge >= 0.3 is 0 Å². The van der Waals surface area contributed by atoms with Crippen LogP contribution in [0.1, 0.15) is 61.3 Å². The summed E-state index contributed by atoms with van der Waals surface area (Å²) >= 11 is 5.48. The van der Waals surface area contributed by atoms with E-state index < -0.39 is 0 Å². The summed E-state index contributed by atoms with van der Waals surface area (Å²) in [6, 6.07) is 12.5. The van der Waals surface area contributed by atoms with Gasteiger partial charge in [0.25, 0.3) is 5.17 Å². The lowest BCUT2D eigenvalue weighted by atomic mass is 9.96. The second kappa shape index (κ2) is 9.23. The monoisotopic (exact) mass is 383 g/mol. The highest BCUT2D eigenvalue weighted by Crippen LogP contribution is 2.31. The van der Waals surface area contributed by atoms with Crippen LogP contribution in [0.5, 0.6) is 11.5 Å². The van der Waals surface area contributed by atoms with E-state index in [2.05, 4.69) is 12.2 Å². The molecule has 1 saturated carbocycles. The van der Waals surface area contributed by atoms with Crippen molar-refractivity contribution in [3.05, 3.63) is 58.7 Å². The average molecular weight is 384 g/mol. The number of thiocarbonyl (C=S) groups is 1. The number of phenolic OH excluding ortho intramolecular Hbond substituents is 1. The molecule has 0 spiro atoms. The largest absolute Gasteiger partial charge is 0.507 e. The number of hydrogen-bond donors (Lipinski definition) is 2. The number of nitrogens with one attached hydrogen (secondary N) is 1. The Labute approximate surface area is 167 Å². The first-order valence-corrected chi connectivity index (χ1v) is 10.4. The van der Waals surface area contributed by atoms with E-state index >= 15 is 0 Å². The molecule has 0 amide bonds. The fourth-order valence-electron chi connectivity index (χ4n) is 3.81. The van der Waals surface area contributed by atoms with Gasteiger partial charge in [0.1, 0.15) is 11.5 Å². The van der Waals surface area contributed by atoms with E-state index in [0.717, 1.165) is 47.3 Å². The molecule has 1 aliphatic carbocycles. The predicted octanol–water partition coefficient (Wildman–Crippen LogP) is 5.44. The molecule has 2 aromatic carbocycles. The molecule has 1 aliphatic rings. The average Bonchev–Trinajstić information content (AvgIpc) is 2.67. The summed E-state index contributed by atoms with van der Waals surface area (Å²) in [5, 5.41) is 14.4. The third-order valence-corrected chi connectivity index (χ3v) is 5.58. The zero-order valence-electron chi connectivity index (χ0n) is 16.3. The van der Waals surface area contributed by atoms with Crippen molar-refractivity contribution in [3.63, 3.8) is 0 Å². The number of aryl methyl sites for hydroxylation is 2. The molecular weight excluding hydrogens is 354 g/mol. The highest BCUT2D eigenvalue weighted by Gasteiger charge is 2.17. The van der Waals surface area contributed by atoms with Crippen molar-refractivity contribution >= 4 is 17.4 Å². The summed E-state index contributed by atoms with van der Waals surface area (Å²) < 4.78 is 6.09. The maximum absolute atomic E-state index is 10.5. The summed E-state index contributed by atoms with van der Waals surface area (Å²) in [6.07, 6.45) is 7.55. The standard InChI is InChI=1S/C23H29NO2S/c1-3-17-10-8-11-18(21(17)25)15-19-12-7-9-16(2)22(19)26-23(27)24-20-13-5-4-6-14-20/h7-12,20,25H,3-6,13-15H2,1-2H3,(H,24,27). The van der Waals surface area contributed by atoms with Gasteiger partial charge in [0.2, 0.25) is 0 Å². The minimum Gasteiger partial charge on any atom is -0.507 e. The summed E-state index contributed by atoms with van der Waals surface area (Å²) in [7, 11) is 0. The van der Waals surface area contributed by atoms with Crippen LogP contribution in [0.25, 0.3) is 0 Å². The van der Waals surface area contributed by atoms with E-state index in [-0.39, 0.29) is 0 Å². The Balaban J connectivity index is 1.77. The number of hydrogen-bond acceptors (Lipinski definition) is 3. The minimum atomic E-state index is 0.385. The van der Waals surface area contributed by atoms with Gasteiger partial charge in [-0.1, -0.05) is 62.6 Å². The maximum Gasteiger partial charge on any atom is 0.262 e. The van der Waals surface area contributed by atoms with Gasteiger partial charge in [-0.3, -0.25) is 0 Å². The van der Waals surface area contributed by atoms with Gasteiger partial charge in [-0.05, 0) is 60.7 Å². The number of benzene rings is 2. The first kappa shape index (κ1) is 19.7. The van der Waals surface area contributed by atoms with E-state index in [1.54, 1.807) is 0 Å².